The first-order chi connectivity index (χ1) is 14.9. The summed E-state index contributed by atoms with van der Waals surface area (Å²) in [6.07, 6.45) is 7.96. The average Bonchev–Trinajstić information content (AvgIpc) is 2.82. The van der Waals surface area contributed by atoms with Gasteiger partial charge in [-0.25, -0.2) is 0 Å². The largest absolute Gasteiger partial charge is 0.256 e. The van der Waals surface area contributed by atoms with Crippen LogP contribution in [0.5, 0.6) is 0 Å². The molecule has 0 bridgehead atoms. The zero-order chi connectivity index (χ0) is 20.4. The van der Waals surface area contributed by atoms with Gasteiger partial charge in [0.25, 0.3) is 0 Å². The Morgan fingerprint density at radius 2 is 1.00 bits per heavy atom. The molecule has 0 aliphatic carbocycles. The standard InChI is InChI=1S/C28H22N2/c1-4-10-23(11-5-1)16-17-26-18-19-27(29-21-24-12-6-2-7-13-24)20-28(26)30-22-25-14-8-3-9-15-25/h1-22H/b17-16+,29-21?,30-22?. The normalized spacial score (nSPS) is 11.6. The van der Waals surface area contributed by atoms with E-state index in [2.05, 4.69) is 35.3 Å². The van der Waals surface area contributed by atoms with Crippen LogP contribution in [0.3, 0.4) is 0 Å². The molecule has 0 aromatic heterocycles. The van der Waals surface area contributed by atoms with Crippen LogP contribution in [-0.2, 0) is 0 Å². The van der Waals surface area contributed by atoms with Gasteiger partial charge in [-0.05, 0) is 28.8 Å². The van der Waals surface area contributed by atoms with Gasteiger partial charge < -0.3 is 0 Å². The van der Waals surface area contributed by atoms with Gasteiger partial charge in [-0.15, -0.1) is 0 Å². The molecule has 4 rings (SSSR count). The van der Waals surface area contributed by atoms with Gasteiger partial charge in [0.2, 0.25) is 0 Å². The van der Waals surface area contributed by atoms with Gasteiger partial charge in [0.15, 0.2) is 0 Å². The van der Waals surface area contributed by atoms with Crippen molar-refractivity contribution in [3.05, 3.63) is 131 Å². The van der Waals surface area contributed by atoms with Crippen LogP contribution >= 0.6 is 0 Å². The van der Waals surface area contributed by atoms with Crippen molar-refractivity contribution in [3.63, 3.8) is 0 Å². The summed E-state index contributed by atoms with van der Waals surface area (Å²) in [7, 11) is 0. The van der Waals surface area contributed by atoms with Crippen molar-refractivity contribution in [1.29, 1.82) is 0 Å². The molecule has 144 valence electrons. The molecule has 0 spiro atoms. The fraction of sp³-hybridized carbons (Fsp3) is 0. The molecule has 30 heavy (non-hydrogen) atoms. The minimum atomic E-state index is 0.871. The summed E-state index contributed by atoms with van der Waals surface area (Å²) in [5, 5.41) is 0. The number of hydrogen-bond acceptors (Lipinski definition) is 2. The minimum Gasteiger partial charge on any atom is -0.256 e. The van der Waals surface area contributed by atoms with E-state index >= 15 is 0 Å². The second kappa shape index (κ2) is 9.94. The lowest BCUT2D eigenvalue weighted by Crippen LogP contribution is -1.82. The van der Waals surface area contributed by atoms with E-state index in [-0.39, 0.29) is 0 Å². The van der Waals surface area contributed by atoms with Crippen LogP contribution < -0.4 is 0 Å². The lowest BCUT2D eigenvalue weighted by Gasteiger charge is -2.04. The van der Waals surface area contributed by atoms with E-state index < -0.39 is 0 Å². The van der Waals surface area contributed by atoms with Crippen molar-refractivity contribution in [2.45, 2.75) is 0 Å². The summed E-state index contributed by atoms with van der Waals surface area (Å²) in [5.74, 6) is 0. The van der Waals surface area contributed by atoms with E-state index in [0.29, 0.717) is 0 Å². The Hall–Kier alpha value is -4.04. The Morgan fingerprint density at radius 3 is 1.60 bits per heavy atom. The quantitative estimate of drug-likeness (QED) is 0.244. The predicted octanol–water partition coefficient (Wildman–Crippen LogP) is 7.36. The maximum absolute atomic E-state index is 4.75. The highest BCUT2D eigenvalue weighted by molar-refractivity contribution is 5.86. The van der Waals surface area contributed by atoms with Crippen molar-refractivity contribution < 1.29 is 0 Å². The van der Waals surface area contributed by atoms with Crippen LogP contribution in [0.15, 0.2) is 119 Å². The smallest absolute Gasteiger partial charge is 0.0723 e. The molecule has 0 saturated heterocycles. The molecule has 4 aromatic rings. The SMILES string of the molecule is C(=Nc1ccc(/C=C/c2ccccc2)c(N=Cc2ccccc2)c1)c1ccccc1. The van der Waals surface area contributed by atoms with Gasteiger partial charge in [0, 0.05) is 18.0 Å². The van der Waals surface area contributed by atoms with E-state index in [9.17, 15) is 0 Å². The zero-order valence-electron chi connectivity index (χ0n) is 16.6. The Balaban J connectivity index is 1.65. The molecule has 2 nitrogen and oxygen atoms in total. The zero-order valence-corrected chi connectivity index (χ0v) is 16.6. The molecule has 0 unspecified atom stereocenters. The third-order valence-corrected chi connectivity index (χ3v) is 4.58. The van der Waals surface area contributed by atoms with E-state index in [0.717, 1.165) is 33.6 Å². The molecule has 0 amide bonds. The summed E-state index contributed by atoms with van der Waals surface area (Å²) in [6.45, 7) is 0. The van der Waals surface area contributed by atoms with Crippen molar-refractivity contribution >= 4 is 36.0 Å². The van der Waals surface area contributed by atoms with Crippen molar-refractivity contribution in [2.75, 3.05) is 0 Å². The summed E-state index contributed by atoms with van der Waals surface area (Å²) in [4.78, 5) is 9.38. The summed E-state index contributed by atoms with van der Waals surface area (Å²) >= 11 is 0. The monoisotopic (exact) mass is 386 g/mol. The Labute approximate surface area is 177 Å². The van der Waals surface area contributed by atoms with Crippen LogP contribution in [0.25, 0.3) is 12.2 Å². The van der Waals surface area contributed by atoms with Crippen molar-refractivity contribution in [1.82, 2.24) is 0 Å². The molecule has 0 fully saturated rings. The molecule has 0 radical (unpaired) electrons. The van der Waals surface area contributed by atoms with Gasteiger partial charge in [-0.3, -0.25) is 9.98 Å². The number of nitrogens with zero attached hydrogens (tertiary/aromatic N) is 2. The fourth-order valence-electron chi connectivity index (χ4n) is 2.99. The van der Waals surface area contributed by atoms with Crippen LogP contribution in [0, 0.1) is 0 Å². The molecule has 0 aliphatic rings. The highest BCUT2D eigenvalue weighted by Crippen LogP contribution is 2.27. The van der Waals surface area contributed by atoms with Crippen LogP contribution in [0.4, 0.5) is 11.4 Å². The highest BCUT2D eigenvalue weighted by Gasteiger charge is 2.01. The van der Waals surface area contributed by atoms with Gasteiger partial charge in [-0.1, -0.05) is 109 Å². The average molecular weight is 386 g/mol. The summed E-state index contributed by atoms with van der Waals surface area (Å²) in [6, 6.07) is 36.6. The predicted molar refractivity (Wildman–Crippen MR) is 129 cm³/mol. The van der Waals surface area contributed by atoms with Crippen molar-refractivity contribution in [2.24, 2.45) is 9.98 Å². The van der Waals surface area contributed by atoms with Gasteiger partial charge in [-0.2, -0.15) is 0 Å². The highest BCUT2D eigenvalue weighted by atomic mass is 14.8. The first-order valence-electron chi connectivity index (χ1n) is 9.92. The van der Waals surface area contributed by atoms with E-state index in [1.165, 1.54) is 0 Å². The first-order valence-corrected chi connectivity index (χ1v) is 9.92. The van der Waals surface area contributed by atoms with Crippen molar-refractivity contribution in [3.8, 4) is 0 Å². The first kappa shape index (κ1) is 19.3. The number of benzene rings is 4. The Morgan fingerprint density at radius 1 is 0.467 bits per heavy atom. The molecule has 0 aliphatic heterocycles. The second-order valence-corrected chi connectivity index (χ2v) is 6.82. The summed E-state index contributed by atoms with van der Waals surface area (Å²) < 4.78 is 0. The molecular formula is C28H22N2. The maximum atomic E-state index is 4.75. The molecule has 0 atom stereocenters. The molecule has 0 saturated carbocycles. The van der Waals surface area contributed by atoms with Gasteiger partial charge in [0.1, 0.15) is 0 Å². The number of rotatable bonds is 6. The lowest BCUT2D eigenvalue weighted by molar-refractivity contribution is 1.46. The number of aliphatic imine (C=N–C) groups is 2. The molecule has 0 heterocycles. The maximum Gasteiger partial charge on any atom is 0.0723 e. The van der Waals surface area contributed by atoms with E-state index in [1.54, 1.807) is 0 Å². The Bertz CT molecular complexity index is 1160. The molecule has 4 aromatic carbocycles. The van der Waals surface area contributed by atoms with Crippen LogP contribution in [0.2, 0.25) is 0 Å². The van der Waals surface area contributed by atoms with E-state index in [1.807, 2.05) is 103 Å². The summed E-state index contributed by atoms with van der Waals surface area (Å²) in [5.41, 5.74) is 6.09. The molecule has 2 heteroatoms. The molecule has 0 N–H and O–H groups in total. The lowest BCUT2D eigenvalue weighted by atomic mass is 10.1. The molecular weight excluding hydrogens is 364 g/mol. The third-order valence-electron chi connectivity index (χ3n) is 4.58. The fourth-order valence-corrected chi connectivity index (χ4v) is 2.99. The third kappa shape index (κ3) is 5.49. The second-order valence-electron chi connectivity index (χ2n) is 6.82. The van der Waals surface area contributed by atoms with Crippen LogP contribution in [0.1, 0.15) is 22.3 Å². The minimum absolute atomic E-state index is 0.871. The van der Waals surface area contributed by atoms with Gasteiger partial charge in [0.05, 0.1) is 11.4 Å². The number of hydrogen-bond donors (Lipinski definition) is 0. The Kier molecular flexibility index (Phi) is 6.39. The van der Waals surface area contributed by atoms with Gasteiger partial charge >= 0.3 is 0 Å². The topological polar surface area (TPSA) is 24.7 Å². The van der Waals surface area contributed by atoms with Crippen LogP contribution in [-0.4, -0.2) is 12.4 Å². The van der Waals surface area contributed by atoms with E-state index in [4.69, 9.17) is 4.99 Å².